The van der Waals surface area contributed by atoms with E-state index in [0.29, 0.717) is 23.1 Å². The van der Waals surface area contributed by atoms with E-state index in [2.05, 4.69) is 26.1 Å². The third-order valence-corrected chi connectivity index (χ3v) is 3.62. The minimum absolute atomic E-state index is 0.293. The highest BCUT2D eigenvalue weighted by molar-refractivity contribution is 5.44. The fourth-order valence-electron chi connectivity index (χ4n) is 3.33. The third-order valence-electron chi connectivity index (χ3n) is 3.62. The smallest absolute Gasteiger partial charge is 0.128 e. The first-order valence-electron chi connectivity index (χ1n) is 6.57. The van der Waals surface area contributed by atoms with Crippen LogP contribution in [0, 0.1) is 23.0 Å². The van der Waals surface area contributed by atoms with Gasteiger partial charge in [0.05, 0.1) is 0 Å². The zero-order valence-electron chi connectivity index (χ0n) is 11.3. The lowest BCUT2D eigenvalue weighted by molar-refractivity contribution is 0.178. The SMILES string of the molecule is CC1CC(Nc2cc(F)cc(F)c2)CC(C)(C)C1. The van der Waals surface area contributed by atoms with Crippen molar-refractivity contribution in [1.29, 1.82) is 0 Å². The fourth-order valence-corrected chi connectivity index (χ4v) is 3.33. The molecule has 0 heterocycles. The molecule has 1 saturated carbocycles. The highest BCUT2D eigenvalue weighted by Crippen LogP contribution is 2.39. The Hall–Kier alpha value is -1.12. The summed E-state index contributed by atoms with van der Waals surface area (Å²) >= 11 is 0. The molecule has 0 amide bonds. The number of hydrogen-bond acceptors (Lipinski definition) is 1. The molecule has 0 radical (unpaired) electrons. The number of nitrogens with one attached hydrogen (secondary N) is 1. The van der Waals surface area contributed by atoms with Gasteiger partial charge in [-0.15, -0.1) is 0 Å². The Morgan fingerprint density at radius 1 is 1.11 bits per heavy atom. The zero-order chi connectivity index (χ0) is 13.3. The van der Waals surface area contributed by atoms with Gasteiger partial charge in [-0.1, -0.05) is 20.8 Å². The van der Waals surface area contributed by atoms with Crippen LogP contribution in [0.2, 0.25) is 0 Å². The van der Waals surface area contributed by atoms with Crippen molar-refractivity contribution in [2.45, 2.75) is 46.1 Å². The van der Waals surface area contributed by atoms with Gasteiger partial charge in [0.25, 0.3) is 0 Å². The van der Waals surface area contributed by atoms with Gasteiger partial charge in [0.15, 0.2) is 0 Å². The van der Waals surface area contributed by atoms with Gasteiger partial charge < -0.3 is 5.32 Å². The van der Waals surface area contributed by atoms with Gasteiger partial charge in [-0.2, -0.15) is 0 Å². The van der Waals surface area contributed by atoms with E-state index < -0.39 is 11.6 Å². The summed E-state index contributed by atoms with van der Waals surface area (Å²) in [6.07, 6.45) is 3.31. The number of rotatable bonds is 2. The highest BCUT2D eigenvalue weighted by Gasteiger charge is 2.31. The predicted octanol–water partition coefficient (Wildman–Crippen LogP) is 4.59. The van der Waals surface area contributed by atoms with Crippen LogP contribution in [0.15, 0.2) is 18.2 Å². The molecule has 1 aromatic carbocycles. The van der Waals surface area contributed by atoms with Crippen molar-refractivity contribution >= 4 is 5.69 Å². The van der Waals surface area contributed by atoms with Crippen LogP contribution in [0.5, 0.6) is 0 Å². The Kier molecular flexibility index (Phi) is 3.60. The standard InChI is InChI=1S/C15H21F2N/c1-10-4-14(9-15(2,3)8-10)18-13-6-11(16)5-12(17)7-13/h5-7,10,14,18H,4,8-9H2,1-3H3. The second-order valence-corrected chi connectivity index (χ2v) is 6.41. The van der Waals surface area contributed by atoms with E-state index in [1.165, 1.54) is 18.6 Å². The maximum Gasteiger partial charge on any atom is 0.128 e. The summed E-state index contributed by atoms with van der Waals surface area (Å²) in [5.41, 5.74) is 0.837. The Labute approximate surface area is 108 Å². The first kappa shape index (κ1) is 13.3. The Bertz CT molecular complexity index is 408. The van der Waals surface area contributed by atoms with Gasteiger partial charge in [0, 0.05) is 17.8 Å². The molecule has 100 valence electrons. The summed E-state index contributed by atoms with van der Waals surface area (Å²) < 4.78 is 26.3. The molecular formula is C15H21F2N. The van der Waals surface area contributed by atoms with Crippen LogP contribution in [-0.4, -0.2) is 6.04 Å². The van der Waals surface area contributed by atoms with E-state index in [9.17, 15) is 8.78 Å². The van der Waals surface area contributed by atoms with Crippen molar-refractivity contribution in [3.63, 3.8) is 0 Å². The fraction of sp³-hybridized carbons (Fsp3) is 0.600. The Morgan fingerprint density at radius 3 is 2.28 bits per heavy atom. The first-order chi connectivity index (χ1) is 8.34. The van der Waals surface area contributed by atoms with Gasteiger partial charge >= 0.3 is 0 Å². The topological polar surface area (TPSA) is 12.0 Å². The number of anilines is 1. The highest BCUT2D eigenvalue weighted by atomic mass is 19.1. The van der Waals surface area contributed by atoms with Crippen LogP contribution in [-0.2, 0) is 0 Å². The summed E-state index contributed by atoms with van der Waals surface area (Å²) in [5, 5.41) is 3.27. The maximum atomic E-state index is 13.1. The third kappa shape index (κ3) is 3.44. The predicted molar refractivity (Wildman–Crippen MR) is 70.6 cm³/mol. The number of halogens is 2. The zero-order valence-corrected chi connectivity index (χ0v) is 11.3. The summed E-state index contributed by atoms with van der Waals surface area (Å²) in [7, 11) is 0. The first-order valence-corrected chi connectivity index (χ1v) is 6.57. The van der Waals surface area contributed by atoms with Gasteiger partial charge in [-0.05, 0) is 42.7 Å². The number of hydrogen-bond donors (Lipinski definition) is 1. The summed E-state index contributed by atoms with van der Waals surface area (Å²) in [4.78, 5) is 0. The van der Waals surface area contributed by atoms with Crippen LogP contribution in [0.4, 0.5) is 14.5 Å². The molecule has 1 aliphatic rings. The minimum atomic E-state index is -0.527. The van der Waals surface area contributed by atoms with Gasteiger partial charge in [-0.3, -0.25) is 0 Å². The molecular weight excluding hydrogens is 232 g/mol. The second kappa shape index (κ2) is 4.87. The summed E-state index contributed by atoms with van der Waals surface area (Å²) in [6.45, 7) is 6.74. The average Bonchev–Trinajstić information content (AvgIpc) is 2.10. The van der Waals surface area contributed by atoms with Crippen molar-refractivity contribution < 1.29 is 8.78 Å². The molecule has 0 spiro atoms. The average molecular weight is 253 g/mol. The molecule has 2 unspecified atom stereocenters. The van der Waals surface area contributed by atoms with Crippen molar-refractivity contribution in [1.82, 2.24) is 0 Å². The molecule has 2 rings (SSSR count). The summed E-state index contributed by atoms with van der Waals surface area (Å²) in [6, 6.07) is 3.91. The number of benzene rings is 1. The molecule has 1 aliphatic carbocycles. The van der Waals surface area contributed by atoms with Crippen molar-refractivity contribution in [2.75, 3.05) is 5.32 Å². The molecule has 1 nitrogen and oxygen atoms in total. The maximum absolute atomic E-state index is 13.1. The van der Waals surface area contributed by atoms with Crippen LogP contribution in [0.1, 0.15) is 40.0 Å². The Morgan fingerprint density at radius 2 is 1.72 bits per heavy atom. The molecule has 1 aromatic rings. The van der Waals surface area contributed by atoms with Gasteiger partial charge in [0.2, 0.25) is 0 Å². The van der Waals surface area contributed by atoms with Crippen molar-refractivity contribution in [3.05, 3.63) is 29.8 Å². The lowest BCUT2D eigenvalue weighted by atomic mass is 9.70. The van der Waals surface area contributed by atoms with E-state index in [0.717, 1.165) is 18.9 Å². The van der Waals surface area contributed by atoms with E-state index in [4.69, 9.17) is 0 Å². The lowest BCUT2D eigenvalue weighted by Crippen LogP contribution is -2.35. The van der Waals surface area contributed by atoms with Gasteiger partial charge in [0.1, 0.15) is 11.6 Å². The van der Waals surface area contributed by atoms with Crippen LogP contribution >= 0.6 is 0 Å². The van der Waals surface area contributed by atoms with E-state index in [1.54, 1.807) is 0 Å². The van der Waals surface area contributed by atoms with Crippen LogP contribution in [0.3, 0.4) is 0 Å². The Balaban J connectivity index is 2.08. The monoisotopic (exact) mass is 253 g/mol. The van der Waals surface area contributed by atoms with E-state index >= 15 is 0 Å². The quantitative estimate of drug-likeness (QED) is 0.812. The van der Waals surface area contributed by atoms with Crippen molar-refractivity contribution in [3.8, 4) is 0 Å². The molecule has 1 N–H and O–H groups in total. The molecule has 1 fully saturated rings. The van der Waals surface area contributed by atoms with Crippen LogP contribution in [0.25, 0.3) is 0 Å². The molecule has 0 saturated heterocycles. The van der Waals surface area contributed by atoms with Crippen molar-refractivity contribution in [2.24, 2.45) is 11.3 Å². The molecule has 2 atom stereocenters. The molecule has 18 heavy (non-hydrogen) atoms. The van der Waals surface area contributed by atoms with Crippen LogP contribution < -0.4 is 5.32 Å². The van der Waals surface area contributed by atoms with E-state index in [1.807, 2.05) is 0 Å². The van der Waals surface area contributed by atoms with Gasteiger partial charge in [-0.25, -0.2) is 8.78 Å². The molecule has 0 aliphatic heterocycles. The molecule has 3 heteroatoms. The largest absolute Gasteiger partial charge is 0.382 e. The molecule has 0 aromatic heterocycles. The van der Waals surface area contributed by atoms with E-state index in [-0.39, 0.29) is 0 Å². The minimum Gasteiger partial charge on any atom is -0.382 e. The lowest BCUT2D eigenvalue weighted by Gasteiger charge is -2.39. The normalized spacial score (nSPS) is 26.9. The summed E-state index contributed by atoms with van der Waals surface area (Å²) in [5.74, 6) is -0.411. The molecule has 0 bridgehead atoms. The second-order valence-electron chi connectivity index (χ2n) is 6.41.